The highest BCUT2D eigenvalue weighted by Crippen LogP contribution is 2.34. The summed E-state index contributed by atoms with van der Waals surface area (Å²) in [4.78, 5) is 0.141. The summed E-state index contributed by atoms with van der Waals surface area (Å²) < 4.78 is 42.8. The van der Waals surface area contributed by atoms with Crippen molar-refractivity contribution in [2.75, 3.05) is 0 Å². The second-order valence-electron chi connectivity index (χ2n) is 7.05. The summed E-state index contributed by atoms with van der Waals surface area (Å²) in [5.74, 6) is 0.299. The van der Waals surface area contributed by atoms with Crippen LogP contribution in [0.4, 0.5) is 4.39 Å². The van der Waals surface area contributed by atoms with Gasteiger partial charge in [0.1, 0.15) is 5.76 Å². The topological polar surface area (TPSA) is 85.3 Å². The number of nitrogens with two attached hydrogens (primary N) is 1. The van der Waals surface area contributed by atoms with E-state index in [4.69, 9.17) is 9.56 Å². The van der Waals surface area contributed by atoms with E-state index in [1.807, 2.05) is 25.1 Å². The van der Waals surface area contributed by atoms with Crippen LogP contribution in [0.15, 0.2) is 51.8 Å². The fourth-order valence-corrected chi connectivity index (χ4v) is 4.35. The molecule has 0 bridgehead atoms. The SMILES string of the molecule is CC(NC1CCCc2cc(S(N)(=O)=O)ccc21)c1cc2cccc(F)c2o1. The maximum Gasteiger partial charge on any atom is 0.238 e. The molecule has 2 unspecified atom stereocenters. The number of rotatable bonds is 4. The van der Waals surface area contributed by atoms with E-state index >= 15 is 0 Å². The zero-order chi connectivity index (χ0) is 19.2. The first kappa shape index (κ1) is 18.2. The zero-order valence-electron chi connectivity index (χ0n) is 14.9. The van der Waals surface area contributed by atoms with Crippen molar-refractivity contribution in [1.82, 2.24) is 5.32 Å². The first-order valence-corrected chi connectivity index (χ1v) is 10.5. The maximum absolute atomic E-state index is 13.9. The lowest BCUT2D eigenvalue weighted by Crippen LogP contribution is -2.28. The number of para-hydroxylation sites is 1. The Balaban J connectivity index is 1.60. The molecule has 7 heteroatoms. The number of hydrogen-bond donors (Lipinski definition) is 2. The molecule has 3 aromatic rings. The molecular formula is C20H21FN2O3S. The van der Waals surface area contributed by atoms with E-state index in [-0.39, 0.29) is 28.4 Å². The van der Waals surface area contributed by atoms with Gasteiger partial charge in [-0.05, 0) is 61.6 Å². The fraction of sp³-hybridized carbons (Fsp3) is 0.300. The molecule has 1 aliphatic rings. The molecule has 3 N–H and O–H groups in total. The summed E-state index contributed by atoms with van der Waals surface area (Å²) in [5, 5.41) is 9.51. The van der Waals surface area contributed by atoms with E-state index in [2.05, 4.69) is 5.32 Å². The fourth-order valence-electron chi connectivity index (χ4n) is 3.79. The van der Waals surface area contributed by atoms with Gasteiger partial charge in [0.05, 0.1) is 10.9 Å². The Kier molecular flexibility index (Phi) is 4.53. The zero-order valence-corrected chi connectivity index (χ0v) is 15.7. The number of sulfonamides is 1. The standard InChI is InChI=1S/C20H21FN2O3S/c1-12(19-11-14-5-2-6-17(21)20(14)26-19)23-18-7-3-4-13-10-15(27(22,24)25)8-9-16(13)18/h2,5-6,8-12,18,23H,3-4,7H2,1H3,(H2,22,24,25). The number of furan rings is 1. The molecule has 27 heavy (non-hydrogen) atoms. The number of aryl methyl sites for hydroxylation is 1. The largest absolute Gasteiger partial charge is 0.456 e. The van der Waals surface area contributed by atoms with Gasteiger partial charge in [-0.2, -0.15) is 0 Å². The molecule has 5 nitrogen and oxygen atoms in total. The van der Waals surface area contributed by atoms with Gasteiger partial charge in [-0.1, -0.05) is 18.2 Å². The van der Waals surface area contributed by atoms with Crippen LogP contribution < -0.4 is 10.5 Å². The lowest BCUT2D eigenvalue weighted by atomic mass is 9.87. The van der Waals surface area contributed by atoms with Gasteiger partial charge in [0.15, 0.2) is 11.4 Å². The van der Waals surface area contributed by atoms with Crippen LogP contribution in [0.25, 0.3) is 11.0 Å². The monoisotopic (exact) mass is 388 g/mol. The van der Waals surface area contributed by atoms with Gasteiger partial charge in [-0.15, -0.1) is 0 Å². The summed E-state index contributed by atoms with van der Waals surface area (Å²) in [6.07, 6.45) is 2.70. The number of nitrogens with one attached hydrogen (secondary N) is 1. The van der Waals surface area contributed by atoms with Crippen LogP contribution in [0, 0.1) is 5.82 Å². The highest BCUT2D eigenvalue weighted by atomic mass is 32.2. The molecule has 0 saturated carbocycles. The van der Waals surface area contributed by atoms with Crippen LogP contribution in [0.5, 0.6) is 0 Å². The number of hydrogen-bond acceptors (Lipinski definition) is 4. The average molecular weight is 388 g/mol. The number of halogens is 1. The van der Waals surface area contributed by atoms with Crippen LogP contribution in [-0.2, 0) is 16.4 Å². The Morgan fingerprint density at radius 3 is 2.81 bits per heavy atom. The Labute approximate surface area is 157 Å². The molecule has 2 atom stereocenters. The lowest BCUT2D eigenvalue weighted by Gasteiger charge is -2.29. The molecule has 0 radical (unpaired) electrons. The van der Waals surface area contributed by atoms with Crippen LogP contribution >= 0.6 is 0 Å². The van der Waals surface area contributed by atoms with E-state index < -0.39 is 10.0 Å². The van der Waals surface area contributed by atoms with Crippen molar-refractivity contribution >= 4 is 21.0 Å². The molecule has 1 heterocycles. The van der Waals surface area contributed by atoms with E-state index in [0.717, 1.165) is 35.8 Å². The first-order chi connectivity index (χ1) is 12.8. The minimum Gasteiger partial charge on any atom is -0.456 e. The Bertz CT molecular complexity index is 1110. The molecule has 0 spiro atoms. The molecule has 0 aliphatic heterocycles. The van der Waals surface area contributed by atoms with Gasteiger partial charge in [-0.25, -0.2) is 17.9 Å². The maximum atomic E-state index is 13.9. The molecule has 4 rings (SSSR count). The van der Waals surface area contributed by atoms with Crippen molar-refractivity contribution in [3.05, 3.63) is 65.2 Å². The van der Waals surface area contributed by atoms with Crippen molar-refractivity contribution in [3.8, 4) is 0 Å². The van der Waals surface area contributed by atoms with Crippen molar-refractivity contribution in [3.63, 3.8) is 0 Å². The molecule has 1 aromatic heterocycles. The van der Waals surface area contributed by atoms with Gasteiger partial charge in [0.2, 0.25) is 10.0 Å². The van der Waals surface area contributed by atoms with Crippen molar-refractivity contribution in [1.29, 1.82) is 0 Å². The van der Waals surface area contributed by atoms with Crippen LogP contribution in [0.3, 0.4) is 0 Å². The molecule has 0 saturated heterocycles. The predicted octanol–water partition coefficient (Wildman–Crippen LogP) is 3.95. The molecule has 0 amide bonds. The average Bonchev–Trinajstić information content (AvgIpc) is 3.07. The van der Waals surface area contributed by atoms with Gasteiger partial charge >= 0.3 is 0 Å². The number of fused-ring (bicyclic) bond motifs is 2. The molecular weight excluding hydrogens is 367 g/mol. The van der Waals surface area contributed by atoms with E-state index in [1.54, 1.807) is 18.2 Å². The van der Waals surface area contributed by atoms with Crippen molar-refractivity contribution in [2.24, 2.45) is 5.14 Å². The third-order valence-corrected chi connectivity index (χ3v) is 6.06. The van der Waals surface area contributed by atoms with Crippen LogP contribution in [-0.4, -0.2) is 8.42 Å². The normalized spacial score (nSPS) is 18.4. The summed E-state index contributed by atoms with van der Waals surface area (Å²) in [6, 6.07) is 11.7. The third-order valence-electron chi connectivity index (χ3n) is 5.15. The van der Waals surface area contributed by atoms with E-state index in [1.165, 1.54) is 6.07 Å². The highest BCUT2D eigenvalue weighted by Gasteiger charge is 2.24. The second kappa shape index (κ2) is 6.74. The molecule has 0 fully saturated rings. The predicted molar refractivity (Wildman–Crippen MR) is 101 cm³/mol. The molecule has 142 valence electrons. The van der Waals surface area contributed by atoms with Crippen LogP contribution in [0.1, 0.15) is 48.7 Å². The smallest absolute Gasteiger partial charge is 0.238 e. The number of benzene rings is 2. The quantitative estimate of drug-likeness (QED) is 0.709. The van der Waals surface area contributed by atoms with E-state index in [0.29, 0.717) is 5.76 Å². The van der Waals surface area contributed by atoms with Crippen LogP contribution in [0.2, 0.25) is 0 Å². The van der Waals surface area contributed by atoms with Gasteiger partial charge in [0.25, 0.3) is 0 Å². The van der Waals surface area contributed by atoms with E-state index in [9.17, 15) is 12.8 Å². The van der Waals surface area contributed by atoms with Gasteiger partial charge in [-0.3, -0.25) is 0 Å². The van der Waals surface area contributed by atoms with Crippen molar-refractivity contribution in [2.45, 2.75) is 43.2 Å². The minimum atomic E-state index is -3.71. The third kappa shape index (κ3) is 3.50. The van der Waals surface area contributed by atoms with Gasteiger partial charge < -0.3 is 9.73 Å². The highest BCUT2D eigenvalue weighted by molar-refractivity contribution is 7.89. The Morgan fingerprint density at radius 2 is 2.07 bits per heavy atom. The summed E-state index contributed by atoms with van der Waals surface area (Å²) in [6.45, 7) is 1.97. The molecule has 2 aromatic carbocycles. The summed E-state index contributed by atoms with van der Waals surface area (Å²) >= 11 is 0. The number of primary sulfonamides is 1. The molecule has 1 aliphatic carbocycles. The Morgan fingerprint density at radius 1 is 1.26 bits per heavy atom. The summed E-state index contributed by atoms with van der Waals surface area (Å²) in [7, 11) is -3.71. The Hall–Kier alpha value is -2.22. The summed E-state index contributed by atoms with van der Waals surface area (Å²) in [5.41, 5.74) is 2.33. The second-order valence-corrected chi connectivity index (χ2v) is 8.61. The first-order valence-electron chi connectivity index (χ1n) is 8.92. The minimum absolute atomic E-state index is 0.0661. The lowest BCUT2D eigenvalue weighted by molar-refractivity contribution is 0.373. The van der Waals surface area contributed by atoms with Gasteiger partial charge in [0, 0.05) is 11.4 Å². The van der Waals surface area contributed by atoms with Crippen molar-refractivity contribution < 1.29 is 17.2 Å².